The summed E-state index contributed by atoms with van der Waals surface area (Å²) in [5.41, 5.74) is 1.50. The molecule has 3 nitrogen and oxygen atoms in total. The first-order valence-electron chi connectivity index (χ1n) is 5.60. The predicted molar refractivity (Wildman–Crippen MR) is 72.5 cm³/mol. The van der Waals surface area contributed by atoms with Crippen LogP contribution < -0.4 is 10.1 Å². The fraction of sp³-hybridized carbons (Fsp3) is 0.0714. The lowest BCUT2D eigenvalue weighted by Crippen LogP contribution is -2.01. The zero-order chi connectivity index (χ0) is 14.5. The van der Waals surface area contributed by atoms with Gasteiger partial charge < -0.3 is 10.1 Å². The third-order valence-corrected chi connectivity index (χ3v) is 2.80. The van der Waals surface area contributed by atoms with E-state index in [0.29, 0.717) is 22.0 Å². The van der Waals surface area contributed by atoms with Crippen LogP contribution in [0.5, 0.6) is 5.75 Å². The summed E-state index contributed by atoms with van der Waals surface area (Å²) in [6, 6.07) is 13.0. The van der Waals surface area contributed by atoms with Gasteiger partial charge in [0.25, 0.3) is 0 Å². The minimum absolute atomic E-state index is 0.0668. The number of hydrogen-bond acceptors (Lipinski definition) is 3. The summed E-state index contributed by atoms with van der Waals surface area (Å²) in [6.07, 6.45) is 0. The molecule has 0 unspecified atom stereocenters. The molecule has 0 radical (unpaired) electrons. The summed E-state index contributed by atoms with van der Waals surface area (Å²) in [5, 5.41) is 12.4. The number of anilines is 2. The Hall–Kier alpha value is -2.32. The van der Waals surface area contributed by atoms with Crippen molar-refractivity contribution < 1.29 is 13.5 Å². The molecule has 0 aliphatic rings. The molecule has 2 rings (SSSR count). The zero-order valence-electron chi connectivity index (χ0n) is 10.1. The van der Waals surface area contributed by atoms with Gasteiger partial charge in [-0.3, -0.25) is 0 Å². The molecule has 0 spiro atoms. The molecule has 0 amide bonds. The molecule has 0 saturated heterocycles. The Balaban J connectivity index is 2.19. The van der Waals surface area contributed by atoms with Gasteiger partial charge in [-0.1, -0.05) is 17.7 Å². The Bertz CT molecular complexity index is 639. The predicted octanol–water partition coefficient (Wildman–Crippen LogP) is 4.56. The second-order valence-corrected chi connectivity index (χ2v) is 4.21. The summed E-state index contributed by atoms with van der Waals surface area (Å²) in [6.45, 7) is -2.85. The lowest BCUT2D eigenvalue weighted by atomic mass is 10.2. The number of nitriles is 1. The normalized spacial score (nSPS) is 10.2. The SMILES string of the molecule is N#Cc1c(Cl)cccc1Nc1ccc(OC(F)F)cc1. The van der Waals surface area contributed by atoms with Crippen molar-refractivity contribution in [3.8, 4) is 11.8 Å². The maximum absolute atomic E-state index is 12.0. The molecule has 0 aliphatic carbocycles. The minimum Gasteiger partial charge on any atom is -0.435 e. The molecule has 0 fully saturated rings. The minimum atomic E-state index is -2.85. The van der Waals surface area contributed by atoms with Crippen molar-refractivity contribution >= 4 is 23.0 Å². The van der Waals surface area contributed by atoms with Crippen LogP contribution in [0.3, 0.4) is 0 Å². The van der Waals surface area contributed by atoms with E-state index in [-0.39, 0.29) is 5.75 Å². The van der Waals surface area contributed by atoms with Crippen molar-refractivity contribution in [3.63, 3.8) is 0 Å². The highest BCUT2D eigenvalue weighted by Crippen LogP contribution is 2.27. The first-order valence-corrected chi connectivity index (χ1v) is 5.98. The highest BCUT2D eigenvalue weighted by molar-refractivity contribution is 6.32. The number of alkyl halides is 2. The Morgan fingerprint density at radius 3 is 2.45 bits per heavy atom. The molecule has 2 aromatic rings. The second kappa shape index (κ2) is 6.22. The zero-order valence-corrected chi connectivity index (χ0v) is 10.9. The first kappa shape index (κ1) is 14.1. The van der Waals surface area contributed by atoms with E-state index in [9.17, 15) is 8.78 Å². The molecule has 0 heterocycles. The quantitative estimate of drug-likeness (QED) is 0.899. The van der Waals surface area contributed by atoms with E-state index < -0.39 is 6.61 Å². The number of hydrogen-bond donors (Lipinski definition) is 1. The molecule has 0 saturated carbocycles. The van der Waals surface area contributed by atoms with Crippen LogP contribution >= 0.6 is 11.6 Å². The van der Waals surface area contributed by atoms with Crippen molar-refractivity contribution in [2.75, 3.05) is 5.32 Å². The summed E-state index contributed by atoms with van der Waals surface area (Å²) in [7, 11) is 0. The summed E-state index contributed by atoms with van der Waals surface area (Å²) in [4.78, 5) is 0. The van der Waals surface area contributed by atoms with Gasteiger partial charge in [-0.25, -0.2) is 0 Å². The topological polar surface area (TPSA) is 45.0 Å². The van der Waals surface area contributed by atoms with E-state index in [0.717, 1.165) is 0 Å². The number of benzene rings is 2. The summed E-state index contributed by atoms with van der Waals surface area (Å²) in [5.74, 6) is 0.0668. The monoisotopic (exact) mass is 294 g/mol. The van der Waals surface area contributed by atoms with Crippen LogP contribution in [0, 0.1) is 11.3 Å². The summed E-state index contributed by atoms with van der Waals surface area (Å²) < 4.78 is 28.3. The third kappa shape index (κ3) is 3.37. The van der Waals surface area contributed by atoms with Crippen molar-refractivity contribution in [2.45, 2.75) is 6.61 Å². The summed E-state index contributed by atoms with van der Waals surface area (Å²) >= 11 is 5.91. The lowest BCUT2D eigenvalue weighted by molar-refractivity contribution is -0.0498. The lowest BCUT2D eigenvalue weighted by Gasteiger charge is -2.10. The highest BCUT2D eigenvalue weighted by atomic mass is 35.5. The maximum Gasteiger partial charge on any atom is 0.387 e. The largest absolute Gasteiger partial charge is 0.435 e. The van der Waals surface area contributed by atoms with Gasteiger partial charge in [-0.2, -0.15) is 14.0 Å². The number of nitrogens with zero attached hydrogens (tertiary/aromatic N) is 1. The van der Waals surface area contributed by atoms with Crippen LogP contribution in [0.25, 0.3) is 0 Å². The van der Waals surface area contributed by atoms with E-state index in [4.69, 9.17) is 16.9 Å². The standard InChI is InChI=1S/C14H9ClF2N2O/c15-12-2-1-3-13(11(12)8-18)19-9-4-6-10(7-5-9)20-14(16)17/h1-7,14,19H. The van der Waals surface area contributed by atoms with Crippen LogP contribution in [0.15, 0.2) is 42.5 Å². The number of ether oxygens (including phenoxy) is 1. The fourth-order valence-electron chi connectivity index (χ4n) is 1.62. The third-order valence-electron chi connectivity index (χ3n) is 2.48. The van der Waals surface area contributed by atoms with Gasteiger partial charge in [-0.05, 0) is 36.4 Å². The van der Waals surface area contributed by atoms with Gasteiger partial charge in [-0.15, -0.1) is 0 Å². The van der Waals surface area contributed by atoms with Gasteiger partial charge in [0, 0.05) is 5.69 Å². The van der Waals surface area contributed by atoms with Gasteiger partial charge >= 0.3 is 6.61 Å². The van der Waals surface area contributed by atoms with Gasteiger partial charge in [0.05, 0.1) is 16.3 Å². The van der Waals surface area contributed by atoms with E-state index >= 15 is 0 Å². The molecule has 0 aromatic heterocycles. The average Bonchev–Trinajstić information content (AvgIpc) is 2.41. The van der Waals surface area contributed by atoms with Crippen LogP contribution in [0.4, 0.5) is 20.2 Å². The van der Waals surface area contributed by atoms with Crippen molar-refractivity contribution in [3.05, 3.63) is 53.1 Å². The highest BCUT2D eigenvalue weighted by Gasteiger charge is 2.07. The molecular formula is C14H9ClF2N2O. The van der Waals surface area contributed by atoms with Crippen LogP contribution in [0.2, 0.25) is 5.02 Å². The first-order chi connectivity index (χ1) is 9.60. The smallest absolute Gasteiger partial charge is 0.387 e. The maximum atomic E-state index is 12.0. The molecule has 0 atom stereocenters. The number of rotatable bonds is 4. The van der Waals surface area contributed by atoms with E-state index in [1.54, 1.807) is 30.3 Å². The Morgan fingerprint density at radius 2 is 1.85 bits per heavy atom. The molecule has 20 heavy (non-hydrogen) atoms. The molecule has 102 valence electrons. The van der Waals surface area contributed by atoms with Gasteiger partial charge in [0.15, 0.2) is 0 Å². The fourth-order valence-corrected chi connectivity index (χ4v) is 1.83. The van der Waals surface area contributed by atoms with Crippen LogP contribution in [-0.4, -0.2) is 6.61 Å². The van der Waals surface area contributed by atoms with Crippen molar-refractivity contribution in [2.24, 2.45) is 0 Å². The molecule has 1 N–H and O–H groups in total. The van der Waals surface area contributed by atoms with Crippen molar-refractivity contribution in [1.29, 1.82) is 5.26 Å². The van der Waals surface area contributed by atoms with Gasteiger partial charge in [0.1, 0.15) is 11.8 Å². The molecule has 0 aliphatic heterocycles. The molecule has 0 bridgehead atoms. The average molecular weight is 295 g/mol. The molecule has 2 aromatic carbocycles. The van der Waals surface area contributed by atoms with E-state index in [2.05, 4.69) is 10.1 Å². The Morgan fingerprint density at radius 1 is 1.15 bits per heavy atom. The molecule has 6 heteroatoms. The van der Waals surface area contributed by atoms with Crippen LogP contribution in [0.1, 0.15) is 5.56 Å². The molecular weight excluding hydrogens is 286 g/mol. The van der Waals surface area contributed by atoms with Crippen molar-refractivity contribution in [1.82, 2.24) is 0 Å². The Labute approximate surface area is 119 Å². The second-order valence-electron chi connectivity index (χ2n) is 3.80. The van der Waals surface area contributed by atoms with Gasteiger partial charge in [0.2, 0.25) is 0 Å². The van der Waals surface area contributed by atoms with Crippen LogP contribution in [-0.2, 0) is 0 Å². The van der Waals surface area contributed by atoms with E-state index in [1.165, 1.54) is 12.1 Å². The van der Waals surface area contributed by atoms with E-state index in [1.807, 2.05) is 6.07 Å². The number of halogens is 3. The Kier molecular flexibility index (Phi) is 4.38. The number of nitrogens with one attached hydrogen (secondary N) is 1.